The third-order valence-electron chi connectivity index (χ3n) is 5.57. The van der Waals surface area contributed by atoms with Gasteiger partial charge in [-0.3, -0.25) is 19.6 Å². The van der Waals surface area contributed by atoms with Crippen molar-refractivity contribution in [3.8, 4) is 11.5 Å². The second-order valence-electron chi connectivity index (χ2n) is 8.20. The molecule has 0 amide bonds. The molecule has 5 N–H and O–H groups in total. The Morgan fingerprint density at radius 3 is 2.62 bits per heavy atom. The number of imidazole rings is 1. The molecule has 0 bridgehead atoms. The molecule has 2 aliphatic rings. The Balaban J connectivity index is 0.000000489. The molecule has 10 nitrogen and oxygen atoms in total. The number of nitrogens with one attached hydrogen (secondary N) is 3. The molecule has 10 heteroatoms. The highest BCUT2D eigenvalue weighted by atomic mass is 16.5. The van der Waals surface area contributed by atoms with Crippen molar-refractivity contribution >= 4 is 22.4 Å². The lowest BCUT2D eigenvalue weighted by Gasteiger charge is -2.26. The molecule has 0 atom stereocenters. The molecule has 2 fully saturated rings. The summed E-state index contributed by atoms with van der Waals surface area (Å²) in [5.74, 6) is 0.609. The summed E-state index contributed by atoms with van der Waals surface area (Å²) in [6.07, 6.45) is 4.09. The van der Waals surface area contributed by atoms with Crippen molar-refractivity contribution in [3.05, 3.63) is 56.5 Å². The summed E-state index contributed by atoms with van der Waals surface area (Å²) < 4.78 is 5.40. The van der Waals surface area contributed by atoms with Crippen molar-refractivity contribution < 1.29 is 4.74 Å². The zero-order valence-corrected chi connectivity index (χ0v) is 17.6. The number of hydrogen-bond acceptors (Lipinski definition) is 8. The van der Waals surface area contributed by atoms with E-state index in [1.165, 1.54) is 24.5 Å². The molecule has 2 aromatic heterocycles. The number of aromatic nitrogens is 4. The largest absolute Gasteiger partial charge is 0.379 e. The molecule has 1 saturated carbocycles. The smallest absolute Gasteiger partial charge is 0.249 e. The summed E-state index contributed by atoms with van der Waals surface area (Å²) in [6.45, 7) is 4.29. The summed E-state index contributed by atoms with van der Waals surface area (Å²) in [4.78, 5) is 32.9. The number of benzene rings is 1. The Bertz CT molecular complexity index is 1290. The van der Waals surface area contributed by atoms with Gasteiger partial charge in [-0.2, -0.15) is 5.10 Å². The molecule has 1 aliphatic heterocycles. The van der Waals surface area contributed by atoms with Crippen LogP contribution in [0.1, 0.15) is 18.4 Å². The highest BCUT2D eigenvalue weighted by Gasteiger charge is 2.17. The number of ether oxygens (including phenoxy) is 1. The molecule has 1 saturated heterocycles. The third-order valence-corrected chi connectivity index (χ3v) is 5.57. The lowest BCUT2D eigenvalue weighted by molar-refractivity contribution is 0.0342. The number of nitrogens with two attached hydrogens (primary N) is 1. The average Bonchev–Trinajstić information content (AvgIpc) is 3.27. The van der Waals surface area contributed by atoms with Gasteiger partial charge in [0.05, 0.1) is 41.8 Å². The molecule has 0 unspecified atom stereocenters. The van der Waals surface area contributed by atoms with Crippen molar-refractivity contribution in [2.45, 2.75) is 25.4 Å². The van der Waals surface area contributed by atoms with Gasteiger partial charge >= 0.3 is 0 Å². The normalized spacial score (nSPS) is 16.8. The van der Waals surface area contributed by atoms with Crippen LogP contribution in [0.15, 0.2) is 40.1 Å². The van der Waals surface area contributed by atoms with E-state index in [4.69, 9.17) is 10.5 Å². The third kappa shape index (κ3) is 4.47. The maximum atomic E-state index is 11.5. The Kier molecular flexibility index (Phi) is 5.56. The summed E-state index contributed by atoms with van der Waals surface area (Å²) in [5, 5.41) is 9.85. The SMILES string of the molecule is NC1CC1.O=c1cc(Nc2cn[nH]c2-c2nc3ccc(CN4CCOCC4)cc3[nH]2)c1=O. The second kappa shape index (κ2) is 8.65. The second-order valence-corrected chi connectivity index (χ2v) is 8.20. The lowest BCUT2D eigenvalue weighted by atomic mass is 10.2. The first-order valence-electron chi connectivity index (χ1n) is 10.7. The van der Waals surface area contributed by atoms with E-state index in [0.717, 1.165) is 43.9 Å². The number of fused-ring (bicyclic) bond motifs is 1. The number of hydrogen-bond donors (Lipinski definition) is 4. The minimum Gasteiger partial charge on any atom is -0.379 e. The van der Waals surface area contributed by atoms with Crippen molar-refractivity contribution in [2.24, 2.45) is 5.73 Å². The van der Waals surface area contributed by atoms with Gasteiger partial charge in [0, 0.05) is 31.7 Å². The van der Waals surface area contributed by atoms with Crippen molar-refractivity contribution in [1.82, 2.24) is 25.1 Å². The van der Waals surface area contributed by atoms with Gasteiger partial charge < -0.3 is 20.8 Å². The number of anilines is 2. The van der Waals surface area contributed by atoms with Crippen LogP contribution in [0.25, 0.3) is 22.6 Å². The van der Waals surface area contributed by atoms with Crippen LogP contribution in [0, 0.1) is 0 Å². The molecule has 4 aromatic rings. The van der Waals surface area contributed by atoms with E-state index in [9.17, 15) is 9.59 Å². The molecule has 166 valence electrons. The van der Waals surface area contributed by atoms with Gasteiger partial charge in [-0.05, 0) is 30.5 Å². The predicted octanol–water partition coefficient (Wildman–Crippen LogP) is 1.23. The fourth-order valence-corrected chi connectivity index (χ4v) is 3.50. The monoisotopic (exact) mass is 435 g/mol. The topological polar surface area (TPSA) is 142 Å². The standard InChI is InChI=1S/C19H18N6O3.C3H7N/c26-16-8-14(18(16)27)21-15-9-20-24-17(15)19-22-12-2-1-11(7-13(12)23-19)10-25-3-5-28-6-4-25;4-3-1-2-3/h1-2,7-9,21H,3-6,10H2,(H,20,24)(H,22,23);3H,1-2,4H2. The molecule has 2 aromatic carbocycles. The van der Waals surface area contributed by atoms with E-state index in [1.54, 1.807) is 6.20 Å². The molecule has 32 heavy (non-hydrogen) atoms. The maximum absolute atomic E-state index is 11.5. The quantitative estimate of drug-likeness (QED) is 0.343. The predicted molar refractivity (Wildman–Crippen MR) is 122 cm³/mol. The van der Waals surface area contributed by atoms with Crippen LogP contribution in [-0.4, -0.2) is 57.4 Å². The van der Waals surface area contributed by atoms with Crippen molar-refractivity contribution in [1.29, 1.82) is 0 Å². The van der Waals surface area contributed by atoms with Crippen LogP contribution in [0.2, 0.25) is 0 Å². The zero-order chi connectivity index (χ0) is 22.1. The first-order valence-corrected chi connectivity index (χ1v) is 10.7. The first kappa shape index (κ1) is 20.6. The van der Waals surface area contributed by atoms with Crippen LogP contribution in [0.4, 0.5) is 11.4 Å². The summed E-state index contributed by atoms with van der Waals surface area (Å²) in [7, 11) is 0. The van der Waals surface area contributed by atoms with E-state index >= 15 is 0 Å². The van der Waals surface area contributed by atoms with Crippen molar-refractivity contribution in [3.63, 3.8) is 0 Å². The number of rotatable bonds is 5. The van der Waals surface area contributed by atoms with Crippen LogP contribution in [0.5, 0.6) is 0 Å². The molecule has 0 spiro atoms. The number of nitrogens with zero attached hydrogens (tertiary/aromatic N) is 3. The highest BCUT2D eigenvalue weighted by Crippen LogP contribution is 2.27. The summed E-state index contributed by atoms with van der Waals surface area (Å²) in [6, 6.07) is 8.03. The zero-order valence-electron chi connectivity index (χ0n) is 17.6. The van der Waals surface area contributed by atoms with Crippen LogP contribution in [-0.2, 0) is 11.3 Å². The molecule has 3 heterocycles. The van der Waals surface area contributed by atoms with Gasteiger partial charge in [-0.25, -0.2) is 4.98 Å². The van der Waals surface area contributed by atoms with E-state index in [-0.39, 0.29) is 5.69 Å². The lowest BCUT2D eigenvalue weighted by Crippen LogP contribution is -2.35. The molecular weight excluding hydrogens is 410 g/mol. The first-order chi connectivity index (χ1) is 15.6. The molecule has 0 radical (unpaired) electrons. The minimum absolute atomic E-state index is 0.261. The van der Waals surface area contributed by atoms with Crippen LogP contribution < -0.4 is 21.9 Å². The van der Waals surface area contributed by atoms with Gasteiger partial charge in [0.25, 0.3) is 0 Å². The Morgan fingerprint density at radius 2 is 1.94 bits per heavy atom. The Hall–Kier alpha value is -3.34. The number of aromatic amines is 2. The summed E-state index contributed by atoms with van der Waals surface area (Å²) in [5.41, 5.74) is 8.64. The Morgan fingerprint density at radius 1 is 1.16 bits per heavy atom. The average molecular weight is 435 g/mol. The van der Waals surface area contributed by atoms with E-state index < -0.39 is 10.9 Å². The van der Waals surface area contributed by atoms with Gasteiger partial charge in [-0.15, -0.1) is 0 Å². The van der Waals surface area contributed by atoms with E-state index in [0.29, 0.717) is 23.2 Å². The number of morpholine rings is 1. The van der Waals surface area contributed by atoms with Gasteiger partial charge in [0.2, 0.25) is 10.9 Å². The summed E-state index contributed by atoms with van der Waals surface area (Å²) >= 11 is 0. The van der Waals surface area contributed by atoms with E-state index in [2.05, 4.69) is 42.5 Å². The van der Waals surface area contributed by atoms with Gasteiger partial charge in [0.15, 0.2) is 5.82 Å². The molecular formula is C22H25N7O3. The molecule has 6 rings (SSSR count). The minimum atomic E-state index is -0.524. The Labute approximate surface area is 183 Å². The maximum Gasteiger partial charge on any atom is 0.249 e. The van der Waals surface area contributed by atoms with Gasteiger partial charge in [-0.1, -0.05) is 6.07 Å². The van der Waals surface area contributed by atoms with Gasteiger partial charge in [0.1, 0.15) is 5.69 Å². The molecule has 1 aliphatic carbocycles. The van der Waals surface area contributed by atoms with Crippen LogP contribution >= 0.6 is 0 Å². The fourth-order valence-electron chi connectivity index (χ4n) is 3.50. The van der Waals surface area contributed by atoms with Crippen molar-refractivity contribution in [2.75, 3.05) is 31.6 Å². The fraction of sp³-hybridized carbons (Fsp3) is 0.364. The highest BCUT2D eigenvalue weighted by molar-refractivity contribution is 5.83. The van der Waals surface area contributed by atoms with E-state index in [1.807, 2.05) is 6.07 Å². The van der Waals surface area contributed by atoms with Crippen LogP contribution in [0.3, 0.4) is 0 Å². The number of H-pyrrole nitrogens is 2.